The molecule has 10 heteroatoms. The van der Waals surface area contributed by atoms with Crippen LogP contribution in [-0.2, 0) is 4.74 Å². The minimum Gasteiger partial charge on any atom is -0.388 e. The Morgan fingerprint density at radius 2 is 1.92 bits per heavy atom. The smallest absolute Gasteiger partial charge is 0.227 e. The molecule has 2 saturated heterocycles. The Balaban J connectivity index is 1.39. The summed E-state index contributed by atoms with van der Waals surface area (Å²) in [4.78, 5) is 17.7. The molecule has 37 heavy (non-hydrogen) atoms. The van der Waals surface area contributed by atoms with Gasteiger partial charge in [0.05, 0.1) is 6.54 Å². The van der Waals surface area contributed by atoms with Gasteiger partial charge in [-0.15, -0.1) is 0 Å². The van der Waals surface area contributed by atoms with Gasteiger partial charge in [-0.2, -0.15) is 16.7 Å². The second kappa shape index (κ2) is 11.0. The first-order valence-corrected chi connectivity index (χ1v) is 14.1. The number of thioether (sulfide) groups is 1. The van der Waals surface area contributed by atoms with Crippen LogP contribution >= 0.6 is 11.8 Å². The van der Waals surface area contributed by atoms with Gasteiger partial charge in [0.2, 0.25) is 5.95 Å². The number of hydrogen-bond acceptors (Lipinski definition) is 9. The van der Waals surface area contributed by atoms with Crippen LogP contribution in [0.2, 0.25) is 0 Å². The number of piperidine rings is 1. The third-order valence-corrected chi connectivity index (χ3v) is 8.03. The van der Waals surface area contributed by atoms with Gasteiger partial charge in [-0.3, -0.25) is 0 Å². The quantitative estimate of drug-likeness (QED) is 0.448. The Hall–Kier alpha value is -2.69. The predicted octanol–water partition coefficient (Wildman–Crippen LogP) is 4.23. The number of β-amino-alcohol motifs (C(OH)–C–C–N with tert-alkyl or cyclic N) is 1. The molecule has 3 unspecified atom stereocenters. The molecule has 3 aromatic rings. The molecule has 8 nitrogen and oxygen atoms in total. The number of halogens is 1. The summed E-state index contributed by atoms with van der Waals surface area (Å²) in [7, 11) is 1.41. The molecule has 2 aliphatic heterocycles. The van der Waals surface area contributed by atoms with Gasteiger partial charge in [0, 0.05) is 56.1 Å². The molecule has 2 aliphatic rings. The number of aliphatic hydroxyl groups is 1. The fourth-order valence-electron chi connectivity index (χ4n) is 5.33. The molecule has 0 saturated carbocycles. The van der Waals surface area contributed by atoms with Crippen LogP contribution < -0.4 is 15.1 Å². The second-order valence-electron chi connectivity index (χ2n) is 10.2. The van der Waals surface area contributed by atoms with Crippen LogP contribution in [0.4, 0.5) is 27.7 Å². The van der Waals surface area contributed by atoms with Crippen molar-refractivity contribution < 1.29 is 14.2 Å². The van der Waals surface area contributed by atoms with Crippen molar-refractivity contribution in [2.24, 2.45) is 5.92 Å². The number of nitrogens with zero attached hydrogens (tertiary/aromatic N) is 5. The number of aliphatic hydroxyl groups excluding tert-OH is 1. The second-order valence-corrected chi connectivity index (χ2v) is 11.1. The van der Waals surface area contributed by atoms with Crippen molar-refractivity contribution in [3.63, 3.8) is 0 Å². The molecule has 198 valence electrons. The van der Waals surface area contributed by atoms with Crippen LogP contribution in [0.3, 0.4) is 0 Å². The van der Waals surface area contributed by atoms with E-state index < -0.39 is 18.4 Å². The maximum Gasteiger partial charge on any atom is 0.227 e. The number of pyridine rings is 1. The first-order chi connectivity index (χ1) is 17.9. The van der Waals surface area contributed by atoms with E-state index in [0.717, 1.165) is 24.4 Å². The molecular formula is C27H35FN6O2S. The molecule has 0 spiro atoms. The molecule has 2 fully saturated rings. The average Bonchev–Trinajstić information content (AvgIpc) is 2.85. The highest BCUT2D eigenvalue weighted by atomic mass is 32.2. The van der Waals surface area contributed by atoms with Crippen molar-refractivity contribution in [3.8, 4) is 0 Å². The highest BCUT2D eigenvalue weighted by Gasteiger charge is 2.37. The Bertz CT molecular complexity index is 1230. The Kier molecular flexibility index (Phi) is 7.69. The van der Waals surface area contributed by atoms with Crippen molar-refractivity contribution in [1.82, 2.24) is 15.0 Å². The number of fused-ring (bicyclic) bond motifs is 1. The van der Waals surface area contributed by atoms with Crippen LogP contribution in [0.1, 0.15) is 25.3 Å². The lowest BCUT2D eigenvalue weighted by atomic mass is 9.93. The predicted molar refractivity (Wildman–Crippen MR) is 149 cm³/mol. The van der Waals surface area contributed by atoms with Crippen LogP contribution in [-0.4, -0.2) is 83.7 Å². The monoisotopic (exact) mass is 526 g/mol. The molecule has 3 atom stereocenters. The minimum atomic E-state index is -1.33. The Morgan fingerprint density at radius 1 is 1.11 bits per heavy atom. The lowest BCUT2D eigenvalue weighted by Crippen LogP contribution is -2.55. The number of anilines is 4. The highest BCUT2D eigenvalue weighted by Crippen LogP contribution is 2.37. The van der Waals surface area contributed by atoms with E-state index in [2.05, 4.69) is 58.5 Å². The Morgan fingerprint density at radius 3 is 2.62 bits per heavy atom. The van der Waals surface area contributed by atoms with Gasteiger partial charge in [0.15, 0.2) is 0 Å². The van der Waals surface area contributed by atoms with E-state index in [1.165, 1.54) is 29.5 Å². The molecular weight excluding hydrogens is 491 g/mol. The molecule has 0 amide bonds. The topological polar surface area (TPSA) is 86.6 Å². The Labute approximate surface area is 221 Å². The zero-order valence-corrected chi connectivity index (χ0v) is 22.6. The average molecular weight is 527 g/mol. The largest absolute Gasteiger partial charge is 0.388 e. The summed E-state index contributed by atoms with van der Waals surface area (Å²) in [5, 5.41) is 15.9. The lowest BCUT2D eigenvalue weighted by Gasteiger charge is -2.41. The standard InChI is InChI=1S/C27H35FN6O2S/c1-16(2)18-5-6-22(33-11-17(12-33)15-37-4)20-10-30-25(9-19(18)20)31-24-7-8-29-27(32-24)34-13-21(28)26(36-3)23(35)14-34/h5-10,16-17,21,23,26,35H,11-15H2,1-4H3,(H,29,30,31,32). The fourth-order valence-corrected chi connectivity index (χ4v) is 6.01. The summed E-state index contributed by atoms with van der Waals surface area (Å²) in [6.07, 6.45) is 2.61. The van der Waals surface area contributed by atoms with E-state index in [1.807, 2.05) is 18.0 Å². The van der Waals surface area contributed by atoms with Crippen LogP contribution in [0.15, 0.2) is 36.7 Å². The summed E-state index contributed by atoms with van der Waals surface area (Å²) in [5.74, 6) is 3.89. The number of alkyl halides is 1. The maximum absolute atomic E-state index is 14.5. The van der Waals surface area contributed by atoms with E-state index in [9.17, 15) is 9.50 Å². The van der Waals surface area contributed by atoms with Crippen LogP contribution in [0.25, 0.3) is 10.8 Å². The number of methoxy groups -OCH3 is 1. The van der Waals surface area contributed by atoms with Crippen LogP contribution in [0.5, 0.6) is 0 Å². The van der Waals surface area contributed by atoms with Crippen molar-refractivity contribution in [3.05, 3.63) is 42.2 Å². The van der Waals surface area contributed by atoms with Crippen molar-refractivity contribution in [2.75, 3.05) is 60.4 Å². The van der Waals surface area contributed by atoms with Crippen LogP contribution in [0, 0.1) is 5.92 Å². The third kappa shape index (κ3) is 5.32. The summed E-state index contributed by atoms with van der Waals surface area (Å²) < 4.78 is 19.6. The van der Waals surface area contributed by atoms with E-state index in [1.54, 1.807) is 17.2 Å². The van der Waals surface area contributed by atoms with E-state index in [-0.39, 0.29) is 13.1 Å². The molecule has 0 radical (unpaired) electrons. The highest BCUT2D eigenvalue weighted by molar-refractivity contribution is 7.98. The van der Waals surface area contributed by atoms with E-state index in [0.29, 0.717) is 23.5 Å². The first kappa shape index (κ1) is 25.9. The summed E-state index contributed by atoms with van der Waals surface area (Å²) in [6.45, 7) is 6.83. The van der Waals surface area contributed by atoms with E-state index >= 15 is 0 Å². The van der Waals surface area contributed by atoms with Gasteiger partial charge < -0.3 is 25.0 Å². The molecule has 1 aromatic carbocycles. The van der Waals surface area contributed by atoms with E-state index in [4.69, 9.17) is 9.72 Å². The van der Waals surface area contributed by atoms with Gasteiger partial charge in [-0.05, 0) is 47.1 Å². The molecule has 4 heterocycles. The fraction of sp³-hybridized carbons (Fsp3) is 0.519. The zero-order chi connectivity index (χ0) is 26.1. The van der Waals surface area contributed by atoms with Gasteiger partial charge in [-0.25, -0.2) is 14.4 Å². The lowest BCUT2D eigenvalue weighted by molar-refractivity contribution is -0.0627. The molecule has 2 N–H and O–H groups in total. The van der Waals surface area contributed by atoms with Gasteiger partial charge in [0.25, 0.3) is 0 Å². The zero-order valence-electron chi connectivity index (χ0n) is 21.8. The number of nitrogens with one attached hydrogen (secondary N) is 1. The normalized spacial score (nSPS) is 22.5. The minimum absolute atomic E-state index is 0.0576. The van der Waals surface area contributed by atoms with Gasteiger partial charge in [0.1, 0.15) is 30.0 Å². The SMILES string of the molecule is COC1C(O)CN(c2nccc(Nc3cc4c(C(C)C)ccc(N5CC(CSC)C5)c4cn3)n2)CC1F. The molecule has 0 aliphatic carbocycles. The number of ether oxygens (including phenoxy) is 1. The third-order valence-electron chi connectivity index (χ3n) is 7.23. The summed E-state index contributed by atoms with van der Waals surface area (Å²) >= 11 is 1.91. The number of benzene rings is 1. The number of rotatable bonds is 8. The van der Waals surface area contributed by atoms with Crippen molar-refractivity contribution >= 4 is 45.8 Å². The number of hydrogen-bond donors (Lipinski definition) is 2. The maximum atomic E-state index is 14.5. The van der Waals surface area contributed by atoms with Gasteiger partial charge in [-0.1, -0.05) is 19.9 Å². The van der Waals surface area contributed by atoms with Crippen molar-refractivity contribution in [2.45, 2.75) is 38.1 Å². The molecule has 5 rings (SSSR count). The van der Waals surface area contributed by atoms with Gasteiger partial charge >= 0.3 is 0 Å². The molecule has 0 bridgehead atoms. The first-order valence-electron chi connectivity index (χ1n) is 12.7. The molecule has 2 aromatic heterocycles. The summed E-state index contributed by atoms with van der Waals surface area (Å²) in [5.41, 5.74) is 2.51. The van der Waals surface area contributed by atoms with Crippen molar-refractivity contribution in [1.29, 1.82) is 0 Å². The number of aromatic nitrogens is 3. The summed E-state index contributed by atoms with van der Waals surface area (Å²) in [6, 6.07) is 8.31.